The molecule has 1 aromatic heterocycles. The van der Waals surface area contributed by atoms with Crippen LogP contribution in [0.1, 0.15) is 19.0 Å². The van der Waals surface area contributed by atoms with Gasteiger partial charge in [0.25, 0.3) is 5.56 Å². The van der Waals surface area contributed by atoms with Gasteiger partial charge in [0.1, 0.15) is 17.5 Å². The van der Waals surface area contributed by atoms with Crippen LogP contribution >= 0.6 is 0 Å². The van der Waals surface area contributed by atoms with E-state index < -0.39 is 0 Å². The Bertz CT molecular complexity index is 982. The van der Waals surface area contributed by atoms with Crippen molar-refractivity contribution in [2.45, 2.75) is 19.9 Å². The smallest absolute Gasteiger partial charge is 0.259 e. The number of hydrogen-bond donors (Lipinski definition) is 0. The normalized spacial score (nSPS) is 10.5. The van der Waals surface area contributed by atoms with E-state index in [4.69, 9.17) is 4.74 Å². The van der Waals surface area contributed by atoms with E-state index in [1.807, 2.05) is 43.3 Å². The molecule has 2 aromatic carbocycles. The second-order valence-electron chi connectivity index (χ2n) is 5.57. The lowest BCUT2D eigenvalue weighted by Gasteiger charge is -2.16. The van der Waals surface area contributed by atoms with Crippen molar-refractivity contribution in [1.82, 2.24) is 4.57 Å². The van der Waals surface area contributed by atoms with Gasteiger partial charge in [0, 0.05) is 22.9 Å². The average molecular weight is 318 g/mol. The molecule has 0 amide bonds. The molecule has 0 spiro atoms. The summed E-state index contributed by atoms with van der Waals surface area (Å²) in [5.74, 6) is 0.663. The van der Waals surface area contributed by atoms with Gasteiger partial charge in [-0.15, -0.1) is 0 Å². The second-order valence-corrected chi connectivity index (χ2v) is 5.57. The summed E-state index contributed by atoms with van der Waals surface area (Å²) in [4.78, 5) is 12.9. The Morgan fingerprint density at radius 1 is 1.12 bits per heavy atom. The number of pyridine rings is 1. The van der Waals surface area contributed by atoms with E-state index in [0.717, 1.165) is 22.9 Å². The van der Waals surface area contributed by atoms with Gasteiger partial charge in [0.05, 0.1) is 7.11 Å². The topological polar surface area (TPSA) is 55.0 Å². The molecule has 1 heterocycles. The largest absolute Gasteiger partial charge is 0.497 e. The fraction of sp³-hybridized carbons (Fsp3) is 0.200. The van der Waals surface area contributed by atoms with Crippen LogP contribution in [0.5, 0.6) is 5.75 Å². The second kappa shape index (κ2) is 6.59. The molecule has 0 bridgehead atoms. The number of aromatic nitrogens is 1. The fourth-order valence-corrected chi connectivity index (χ4v) is 3.00. The molecule has 0 aliphatic rings. The Kier molecular flexibility index (Phi) is 4.35. The maximum Gasteiger partial charge on any atom is 0.259 e. The number of ether oxygens (including phenoxy) is 1. The number of methoxy groups -OCH3 is 1. The highest BCUT2D eigenvalue weighted by atomic mass is 16.5. The van der Waals surface area contributed by atoms with Crippen molar-refractivity contribution in [1.29, 1.82) is 5.26 Å². The molecular formula is C20H18N2O2. The van der Waals surface area contributed by atoms with Gasteiger partial charge in [-0.25, -0.2) is 0 Å². The number of rotatable bonds is 4. The monoisotopic (exact) mass is 318 g/mol. The van der Waals surface area contributed by atoms with Crippen molar-refractivity contribution in [3.8, 4) is 22.9 Å². The molecule has 24 heavy (non-hydrogen) atoms. The lowest BCUT2D eigenvalue weighted by atomic mass is 9.96. The van der Waals surface area contributed by atoms with Crippen LogP contribution in [0.3, 0.4) is 0 Å². The molecule has 0 atom stereocenters. The van der Waals surface area contributed by atoms with Crippen LogP contribution in [0.4, 0.5) is 0 Å². The van der Waals surface area contributed by atoms with E-state index in [0.29, 0.717) is 23.4 Å². The van der Waals surface area contributed by atoms with E-state index in [1.54, 1.807) is 23.8 Å². The Hall–Kier alpha value is -3.06. The summed E-state index contributed by atoms with van der Waals surface area (Å²) in [6, 6.07) is 17.3. The van der Waals surface area contributed by atoms with Crippen LogP contribution < -0.4 is 10.3 Å². The minimum atomic E-state index is -0.134. The van der Waals surface area contributed by atoms with E-state index >= 15 is 0 Å². The van der Waals surface area contributed by atoms with Crippen LogP contribution in [-0.4, -0.2) is 11.7 Å². The number of benzene rings is 2. The van der Waals surface area contributed by atoms with Gasteiger partial charge in [-0.3, -0.25) is 9.36 Å². The molecule has 0 N–H and O–H groups in total. The molecule has 0 radical (unpaired) electrons. The van der Waals surface area contributed by atoms with Gasteiger partial charge in [0.15, 0.2) is 0 Å². The number of hydrogen-bond acceptors (Lipinski definition) is 3. The van der Waals surface area contributed by atoms with Gasteiger partial charge in [-0.2, -0.15) is 5.26 Å². The zero-order chi connectivity index (χ0) is 17.1. The Balaban J connectivity index is 2.52. The third kappa shape index (κ3) is 2.55. The molecule has 0 unspecified atom stereocenters. The summed E-state index contributed by atoms with van der Waals surface area (Å²) < 4.78 is 6.89. The first-order valence-electron chi connectivity index (χ1n) is 7.91. The van der Waals surface area contributed by atoms with Crippen LogP contribution in [-0.2, 0) is 6.54 Å². The zero-order valence-electron chi connectivity index (χ0n) is 13.7. The SMILES string of the molecule is CCCn1c(C#N)c(-c2ccccc2)c2cc(OC)ccc2c1=O. The highest BCUT2D eigenvalue weighted by Gasteiger charge is 2.18. The van der Waals surface area contributed by atoms with Crippen molar-refractivity contribution >= 4 is 10.8 Å². The summed E-state index contributed by atoms with van der Waals surface area (Å²) in [6.07, 6.45) is 0.782. The summed E-state index contributed by atoms with van der Waals surface area (Å²) in [5.41, 5.74) is 1.96. The maximum absolute atomic E-state index is 12.9. The molecule has 0 aliphatic heterocycles. The first-order valence-corrected chi connectivity index (χ1v) is 7.91. The minimum absolute atomic E-state index is 0.134. The molecule has 3 rings (SSSR count). The molecule has 0 saturated heterocycles. The molecule has 3 aromatic rings. The van der Waals surface area contributed by atoms with E-state index in [9.17, 15) is 10.1 Å². The summed E-state index contributed by atoms with van der Waals surface area (Å²) in [7, 11) is 1.59. The molecule has 0 fully saturated rings. The fourth-order valence-electron chi connectivity index (χ4n) is 3.00. The standard InChI is InChI=1S/C20H18N2O2/c1-3-11-22-18(13-21)19(14-7-5-4-6-8-14)17-12-15(24-2)9-10-16(17)20(22)23/h4-10,12H,3,11H2,1-2H3. The Morgan fingerprint density at radius 2 is 1.88 bits per heavy atom. The van der Waals surface area contributed by atoms with Crippen LogP contribution in [0, 0.1) is 11.3 Å². The van der Waals surface area contributed by atoms with E-state index in [2.05, 4.69) is 6.07 Å². The Morgan fingerprint density at radius 3 is 2.50 bits per heavy atom. The van der Waals surface area contributed by atoms with Gasteiger partial charge in [-0.05, 0) is 30.2 Å². The first-order chi connectivity index (χ1) is 11.7. The Labute approximate surface area is 140 Å². The maximum atomic E-state index is 12.9. The van der Waals surface area contributed by atoms with E-state index in [-0.39, 0.29) is 5.56 Å². The van der Waals surface area contributed by atoms with Crippen LogP contribution in [0.25, 0.3) is 21.9 Å². The van der Waals surface area contributed by atoms with Gasteiger partial charge in [0.2, 0.25) is 0 Å². The van der Waals surface area contributed by atoms with Gasteiger partial charge in [-0.1, -0.05) is 37.3 Å². The zero-order valence-corrected chi connectivity index (χ0v) is 13.7. The molecule has 0 aliphatic carbocycles. The number of nitriles is 1. The van der Waals surface area contributed by atoms with Crippen molar-refractivity contribution in [2.24, 2.45) is 0 Å². The third-order valence-electron chi connectivity index (χ3n) is 4.09. The highest BCUT2D eigenvalue weighted by Crippen LogP contribution is 2.32. The predicted molar refractivity (Wildman–Crippen MR) is 95.2 cm³/mol. The lowest BCUT2D eigenvalue weighted by Crippen LogP contribution is -2.23. The number of nitrogens with zero attached hydrogens (tertiary/aromatic N) is 2. The summed E-state index contributed by atoms with van der Waals surface area (Å²) in [5, 5.41) is 11.1. The van der Waals surface area contributed by atoms with Crippen LogP contribution in [0.15, 0.2) is 53.3 Å². The quantitative estimate of drug-likeness (QED) is 0.731. The third-order valence-corrected chi connectivity index (χ3v) is 4.09. The van der Waals surface area contributed by atoms with Crippen molar-refractivity contribution in [2.75, 3.05) is 7.11 Å². The van der Waals surface area contributed by atoms with Crippen molar-refractivity contribution in [3.63, 3.8) is 0 Å². The minimum Gasteiger partial charge on any atom is -0.497 e. The number of fused-ring (bicyclic) bond motifs is 1. The van der Waals surface area contributed by atoms with Gasteiger partial charge >= 0.3 is 0 Å². The average Bonchev–Trinajstić information content (AvgIpc) is 2.64. The molecule has 0 saturated carbocycles. The van der Waals surface area contributed by atoms with E-state index in [1.165, 1.54) is 0 Å². The first kappa shape index (κ1) is 15.8. The van der Waals surface area contributed by atoms with Gasteiger partial charge < -0.3 is 4.74 Å². The molecule has 4 nitrogen and oxygen atoms in total. The lowest BCUT2D eigenvalue weighted by molar-refractivity contribution is 0.415. The van der Waals surface area contributed by atoms with Crippen molar-refractivity contribution in [3.05, 3.63) is 64.6 Å². The van der Waals surface area contributed by atoms with Crippen LogP contribution in [0.2, 0.25) is 0 Å². The summed E-state index contributed by atoms with van der Waals surface area (Å²) >= 11 is 0. The summed E-state index contributed by atoms with van der Waals surface area (Å²) in [6.45, 7) is 2.51. The molecule has 120 valence electrons. The highest BCUT2D eigenvalue weighted by molar-refractivity contribution is 5.99. The molecule has 4 heteroatoms. The molecular weight excluding hydrogens is 300 g/mol. The predicted octanol–water partition coefficient (Wildman–Crippen LogP) is 3.96. The van der Waals surface area contributed by atoms with Crippen molar-refractivity contribution < 1.29 is 4.74 Å².